The summed E-state index contributed by atoms with van der Waals surface area (Å²) < 4.78 is 1.06. The zero-order chi connectivity index (χ0) is 14.9. The first kappa shape index (κ1) is 14.1. The molecule has 0 saturated heterocycles. The zero-order valence-corrected chi connectivity index (χ0v) is 13.4. The zero-order valence-electron chi connectivity index (χ0n) is 11.8. The lowest BCUT2D eigenvalue weighted by molar-refractivity contribution is -0.120. The van der Waals surface area contributed by atoms with Crippen LogP contribution in [0.4, 0.5) is 0 Å². The maximum atomic E-state index is 12.1. The lowest BCUT2D eigenvalue weighted by Gasteiger charge is -2.08. The molecule has 2 aromatic rings. The van der Waals surface area contributed by atoms with E-state index in [0.29, 0.717) is 0 Å². The van der Waals surface area contributed by atoms with Crippen molar-refractivity contribution in [2.75, 3.05) is 0 Å². The van der Waals surface area contributed by atoms with E-state index in [9.17, 15) is 4.79 Å². The topological polar surface area (TPSA) is 17.1 Å². The van der Waals surface area contributed by atoms with Gasteiger partial charge in [-0.25, -0.2) is 0 Å². The summed E-state index contributed by atoms with van der Waals surface area (Å²) in [7, 11) is 0. The highest BCUT2D eigenvalue weighted by atomic mass is 79.9. The van der Waals surface area contributed by atoms with Gasteiger partial charge < -0.3 is 0 Å². The number of ketones is 1. The summed E-state index contributed by atoms with van der Waals surface area (Å²) in [5.41, 5.74) is 1.62. The predicted octanol–water partition coefficient (Wildman–Crippen LogP) is 4.56. The fourth-order valence-corrected chi connectivity index (χ4v) is 3.28. The molecule has 0 N–H and O–H groups in total. The van der Waals surface area contributed by atoms with Gasteiger partial charge in [-0.1, -0.05) is 64.2 Å². The first-order valence-electron chi connectivity index (χ1n) is 6.97. The number of benzene rings is 2. The molecular formula is C19H15BrO. The number of hydrogen-bond acceptors (Lipinski definition) is 1. The second kappa shape index (κ2) is 5.50. The van der Waals surface area contributed by atoms with Crippen LogP contribution in [-0.2, 0) is 4.79 Å². The van der Waals surface area contributed by atoms with Crippen LogP contribution in [0.25, 0.3) is 0 Å². The summed E-state index contributed by atoms with van der Waals surface area (Å²) in [6.45, 7) is 1.65. The number of halogens is 1. The van der Waals surface area contributed by atoms with E-state index >= 15 is 0 Å². The van der Waals surface area contributed by atoms with Crippen molar-refractivity contribution in [1.82, 2.24) is 0 Å². The van der Waals surface area contributed by atoms with Crippen LogP contribution in [0.15, 0.2) is 59.1 Å². The van der Waals surface area contributed by atoms with Crippen molar-refractivity contribution in [3.63, 3.8) is 0 Å². The Labute approximate surface area is 133 Å². The first-order valence-corrected chi connectivity index (χ1v) is 7.76. The van der Waals surface area contributed by atoms with Crippen LogP contribution in [-0.4, -0.2) is 5.78 Å². The highest BCUT2D eigenvalue weighted by Gasteiger charge is 2.58. The average molecular weight is 339 g/mol. The number of rotatable bonds is 2. The van der Waals surface area contributed by atoms with E-state index in [-0.39, 0.29) is 11.7 Å². The fourth-order valence-electron chi connectivity index (χ4n) is 2.72. The van der Waals surface area contributed by atoms with Crippen molar-refractivity contribution in [1.29, 1.82) is 0 Å². The molecule has 0 amide bonds. The Hall–Kier alpha value is -1.85. The SMILES string of the molecule is CC(=O)[C@]1(C#Cc2ccccc2)C[C@H]1c1ccccc1Br. The van der Waals surface area contributed by atoms with Crippen molar-refractivity contribution in [3.05, 3.63) is 70.2 Å². The van der Waals surface area contributed by atoms with E-state index in [1.165, 1.54) is 5.56 Å². The molecule has 1 nitrogen and oxygen atoms in total. The fraction of sp³-hybridized carbons (Fsp3) is 0.211. The van der Waals surface area contributed by atoms with E-state index in [1.807, 2.05) is 48.5 Å². The van der Waals surface area contributed by atoms with Gasteiger partial charge >= 0.3 is 0 Å². The van der Waals surface area contributed by atoms with Crippen LogP contribution in [0.3, 0.4) is 0 Å². The predicted molar refractivity (Wildman–Crippen MR) is 87.9 cm³/mol. The number of hydrogen-bond donors (Lipinski definition) is 0. The molecule has 3 rings (SSSR count). The summed E-state index contributed by atoms with van der Waals surface area (Å²) in [6.07, 6.45) is 0.810. The summed E-state index contributed by atoms with van der Waals surface area (Å²) in [5.74, 6) is 6.76. The molecule has 0 aromatic heterocycles. The summed E-state index contributed by atoms with van der Waals surface area (Å²) in [4.78, 5) is 12.1. The van der Waals surface area contributed by atoms with Gasteiger partial charge in [0.1, 0.15) is 5.78 Å². The van der Waals surface area contributed by atoms with E-state index in [2.05, 4.69) is 33.8 Å². The van der Waals surface area contributed by atoms with Gasteiger partial charge in [-0.3, -0.25) is 4.79 Å². The van der Waals surface area contributed by atoms with E-state index in [1.54, 1.807) is 6.92 Å². The molecule has 0 radical (unpaired) electrons. The van der Waals surface area contributed by atoms with Gasteiger partial charge in [0.2, 0.25) is 0 Å². The third-order valence-electron chi connectivity index (χ3n) is 4.07. The minimum absolute atomic E-state index is 0.159. The molecule has 1 saturated carbocycles. The van der Waals surface area contributed by atoms with Crippen molar-refractivity contribution < 1.29 is 4.79 Å². The Bertz CT molecular complexity index is 739. The molecule has 0 spiro atoms. The highest BCUT2D eigenvalue weighted by Crippen LogP contribution is 2.60. The monoisotopic (exact) mass is 338 g/mol. The Balaban J connectivity index is 1.93. The number of carbonyl (C=O) groups excluding carboxylic acids is 1. The average Bonchev–Trinajstić information content (AvgIpc) is 3.23. The summed E-state index contributed by atoms with van der Waals surface area (Å²) in [5, 5.41) is 0. The van der Waals surface area contributed by atoms with Crippen LogP contribution < -0.4 is 0 Å². The smallest absolute Gasteiger partial charge is 0.148 e. The lowest BCUT2D eigenvalue weighted by atomic mass is 9.95. The van der Waals surface area contributed by atoms with Gasteiger partial charge in [-0.2, -0.15) is 0 Å². The maximum absolute atomic E-state index is 12.1. The largest absolute Gasteiger partial charge is 0.298 e. The molecule has 104 valence electrons. The van der Waals surface area contributed by atoms with Crippen LogP contribution >= 0.6 is 15.9 Å². The second-order valence-corrected chi connectivity index (χ2v) is 6.28. The summed E-state index contributed by atoms with van der Waals surface area (Å²) in [6, 6.07) is 17.9. The van der Waals surface area contributed by atoms with Gasteiger partial charge in [-0.05, 0) is 37.1 Å². The molecule has 0 heterocycles. The van der Waals surface area contributed by atoms with Crippen molar-refractivity contribution in [2.45, 2.75) is 19.3 Å². The van der Waals surface area contributed by atoms with E-state index in [0.717, 1.165) is 16.5 Å². The number of carbonyl (C=O) groups is 1. The van der Waals surface area contributed by atoms with Gasteiger partial charge in [-0.15, -0.1) is 0 Å². The van der Waals surface area contributed by atoms with E-state index in [4.69, 9.17) is 0 Å². The molecule has 2 atom stereocenters. The molecular weight excluding hydrogens is 324 g/mol. The Morgan fingerprint density at radius 1 is 1.14 bits per heavy atom. The van der Waals surface area contributed by atoms with Gasteiger partial charge in [0.15, 0.2) is 0 Å². The molecule has 2 heteroatoms. The standard InChI is InChI=1S/C19H15BrO/c1-14(21)19(12-11-15-7-3-2-4-8-15)13-17(19)16-9-5-6-10-18(16)20/h2-10,17H,13H2,1H3/t17-,19-/m0/s1. The van der Waals surface area contributed by atoms with Crippen molar-refractivity contribution in [3.8, 4) is 11.8 Å². The molecule has 2 aromatic carbocycles. The second-order valence-electron chi connectivity index (χ2n) is 5.42. The molecule has 1 aliphatic carbocycles. The normalized spacial score (nSPS) is 23.0. The van der Waals surface area contributed by atoms with Crippen LogP contribution in [0.2, 0.25) is 0 Å². The molecule has 1 fully saturated rings. The number of Topliss-reactive ketones (excluding diaryl/α,β-unsaturated/α-hetero) is 1. The van der Waals surface area contributed by atoms with Gasteiger partial charge in [0.05, 0.1) is 5.41 Å². The molecule has 0 bridgehead atoms. The quantitative estimate of drug-likeness (QED) is 0.733. The maximum Gasteiger partial charge on any atom is 0.148 e. The molecule has 21 heavy (non-hydrogen) atoms. The molecule has 0 aliphatic heterocycles. The third-order valence-corrected chi connectivity index (χ3v) is 4.80. The van der Waals surface area contributed by atoms with Crippen LogP contribution in [0.1, 0.15) is 30.4 Å². The van der Waals surface area contributed by atoms with Crippen LogP contribution in [0, 0.1) is 17.3 Å². The summed E-state index contributed by atoms with van der Waals surface area (Å²) >= 11 is 3.57. The van der Waals surface area contributed by atoms with Gasteiger partial charge in [0, 0.05) is 16.0 Å². The molecule has 1 aliphatic rings. The third kappa shape index (κ3) is 2.66. The minimum Gasteiger partial charge on any atom is -0.298 e. The Kier molecular flexibility index (Phi) is 3.69. The Morgan fingerprint density at radius 3 is 2.48 bits per heavy atom. The van der Waals surface area contributed by atoms with Gasteiger partial charge in [0.25, 0.3) is 0 Å². The van der Waals surface area contributed by atoms with Crippen LogP contribution in [0.5, 0.6) is 0 Å². The molecule has 0 unspecified atom stereocenters. The first-order chi connectivity index (χ1) is 10.1. The van der Waals surface area contributed by atoms with E-state index < -0.39 is 5.41 Å². The van der Waals surface area contributed by atoms with Crippen molar-refractivity contribution in [2.24, 2.45) is 5.41 Å². The van der Waals surface area contributed by atoms with Crippen molar-refractivity contribution >= 4 is 21.7 Å². The lowest BCUT2D eigenvalue weighted by Crippen LogP contribution is -2.12. The Morgan fingerprint density at radius 2 is 1.81 bits per heavy atom. The minimum atomic E-state index is -0.514. The highest BCUT2D eigenvalue weighted by molar-refractivity contribution is 9.10.